The summed E-state index contributed by atoms with van der Waals surface area (Å²) < 4.78 is 19.5. The summed E-state index contributed by atoms with van der Waals surface area (Å²) >= 11 is 0. The Morgan fingerprint density at radius 1 is 1.21 bits per heavy atom. The van der Waals surface area contributed by atoms with E-state index in [0.29, 0.717) is 55.0 Å². The summed E-state index contributed by atoms with van der Waals surface area (Å²) in [5, 5.41) is 15.1. The zero-order valence-corrected chi connectivity index (χ0v) is 15.5. The van der Waals surface area contributed by atoms with Crippen molar-refractivity contribution >= 4 is 28.9 Å². The van der Waals surface area contributed by atoms with Gasteiger partial charge in [0.05, 0.1) is 5.57 Å². The third kappa shape index (κ3) is 2.98. The Hall–Kier alpha value is -3.19. The van der Waals surface area contributed by atoms with Crippen LogP contribution in [-0.2, 0) is 27.4 Å². The average Bonchev–Trinajstić information content (AvgIpc) is 3.27. The number of amides is 1. The molecule has 29 heavy (non-hydrogen) atoms. The quantitative estimate of drug-likeness (QED) is 0.679. The first-order valence-electron chi connectivity index (χ1n) is 9.56. The summed E-state index contributed by atoms with van der Waals surface area (Å²) in [7, 11) is 0. The molecule has 148 valence electrons. The van der Waals surface area contributed by atoms with Gasteiger partial charge in [0.1, 0.15) is 23.7 Å². The van der Waals surface area contributed by atoms with Gasteiger partial charge in [0.25, 0.3) is 5.91 Å². The fourth-order valence-electron chi connectivity index (χ4n) is 3.98. The van der Waals surface area contributed by atoms with Gasteiger partial charge in [-0.15, -0.1) is 0 Å². The number of carbonyl (C=O) groups is 2. The van der Waals surface area contributed by atoms with Crippen LogP contribution in [0.25, 0.3) is 11.3 Å². The molecular weight excluding hydrogens is 375 g/mol. The van der Waals surface area contributed by atoms with Crippen LogP contribution in [0.15, 0.2) is 36.4 Å². The van der Waals surface area contributed by atoms with Crippen molar-refractivity contribution in [2.24, 2.45) is 0 Å². The van der Waals surface area contributed by atoms with E-state index in [0.717, 1.165) is 16.7 Å². The van der Waals surface area contributed by atoms with Crippen LogP contribution in [0.1, 0.15) is 35.1 Å². The van der Waals surface area contributed by atoms with Crippen LogP contribution in [-0.4, -0.2) is 29.1 Å². The number of hydrogen-bond donors (Lipinski definition) is 3. The average molecular weight is 394 g/mol. The molecule has 1 aliphatic carbocycles. The molecule has 3 N–H and O–H groups in total. The molecule has 5 rings (SSSR count). The van der Waals surface area contributed by atoms with Crippen molar-refractivity contribution < 1.29 is 23.8 Å². The van der Waals surface area contributed by atoms with Crippen molar-refractivity contribution in [3.63, 3.8) is 0 Å². The second-order valence-corrected chi connectivity index (χ2v) is 7.69. The molecule has 2 heterocycles. The van der Waals surface area contributed by atoms with E-state index < -0.39 is 17.3 Å². The predicted octanol–water partition coefficient (Wildman–Crippen LogP) is 2.93. The number of benzene rings is 2. The number of carbonyl (C=O) groups excluding carboxylic acids is 1. The van der Waals surface area contributed by atoms with Crippen molar-refractivity contribution in [1.82, 2.24) is 5.32 Å². The molecule has 1 fully saturated rings. The van der Waals surface area contributed by atoms with Gasteiger partial charge >= 0.3 is 5.97 Å². The summed E-state index contributed by atoms with van der Waals surface area (Å²) in [5.74, 6) is -1.03. The smallest absolute Gasteiger partial charge is 0.323 e. The molecule has 0 spiro atoms. The third-order valence-electron chi connectivity index (χ3n) is 5.78. The Bertz CT molecular complexity index is 1090. The van der Waals surface area contributed by atoms with E-state index in [-0.39, 0.29) is 5.91 Å². The molecule has 2 aromatic rings. The van der Waals surface area contributed by atoms with Crippen LogP contribution in [0.5, 0.6) is 0 Å². The van der Waals surface area contributed by atoms with E-state index in [1.807, 2.05) is 18.2 Å². The van der Waals surface area contributed by atoms with Crippen LogP contribution in [0, 0.1) is 5.82 Å². The van der Waals surface area contributed by atoms with Crippen molar-refractivity contribution in [1.29, 1.82) is 0 Å². The van der Waals surface area contributed by atoms with E-state index in [2.05, 4.69) is 10.6 Å². The molecule has 0 aromatic heterocycles. The largest absolute Gasteiger partial charge is 0.487 e. The minimum Gasteiger partial charge on any atom is -0.487 e. The number of aliphatic carboxylic acids is 1. The second kappa shape index (κ2) is 6.42. The van der Waals surface area contributed by atoms with Crippen molar-refractivity contribution in [2.45, 2.75) is 31.4 Å². The lowest BCUT2D eigenvalue weighted by Gasteiger charge is -2.12. The minimum atomic E-state index is -0.789. The van der Waals surface area contributed by atoms with Crippen LogP contribution in [0.2, 0.25) is 0 Å². The number of rotatable bonds is 5. The normalized spacial score (nSPS) is 20.7. The molecule has 0 bridgehead atoms. The molecule has 0 atom stereocenters. The van der Waals surface area contributed by atoms with E-state index in [4.69, 9.17) is 4.74 Å². The lowest BCUT2D eigenvalue weighted by Crippen LogP contribution is -2.40. The monoisotopic (exact) mass is 394 g/mol. The highest BCUT2D eigenvalue weighted by molar-refractivity contribution is 6.36. The summed E-state index contributed by atoms with van der Waals surface area (Å²) in [6, 6.07) is 10.1. The molecule has 0 unspecified atom stereocenters. The summed E-state index contributed by atoms with van der Waals surface area (Å²) in [6.07, 6.45) is 2.03. The molecule has 1 amide bonds. The molecule has 1 saturated carbocycles. The maximum Gasteiger partial charge on any atom is 0.323 e. The van der Waals surface area contributed by atoms with Crippen LogP contribution >= 0.6 is 0 Å². The zero-order chi connectivity index (χ0) is 20.2. The van der Waals surface area contributed by atoms with Gasteiger partial charge in [-0.2, -0.15) is 0 Å². The maximum absolute atomic E-state index is 13.7. The standard InChI is InChI=1S/C22H19FN2O4/c23-14-2-4-17-16(10-14)18(20(26)25-17)19-15-3-1-12(9-13(15)11-29-19)5-8-24-22(6-7-22)21(27)28/h1-4,9-10,24H,5-8,11H2,(H,25,26)(H,27,28). The molecule has 3 aliphatic rings. The number of halogens is 1. The number of ether oxygens (including phenoxy) is 1. The first-order valence-corrected chi connectivity index (χ1v) is 9.56. The van der Waals surface area contributed by atoms with Crippen LogP contribution in [0.4, 0.5) is 10.1 Å². The maximum atomic E-state index is 13.7. The first-order chi connectivity index (χ1) is 14.0. The topological polar surface area (TPSA) is 87.7 Å². The predicted molar refractivity (Wildman–Crippen MR) is 104 cm³/mol. The van der Waals surface area contributed by atoms with Gasteiger partial charge in [0.15, 0.2) is 0 Å². The Morgan fingerprint density at radius 3 is 2.79 bits per heavy atom. The van der Waals surface area contributed by atoms with Gasteiger partial charge in [-0.25, -0.2) is 4.39 Å². The number of carboxylic acid groups (broad SMARTS) is 1. The molecule has 0 saturated heterocycles. The molecule has 2 aliphatic heterocycles. The van der Waals surface area contributed by atoms with Gasteiger partial charge in [0.2, 0.25) is 0 Å². The molecular formula is C22H19FN2O4. The van der Waals surface area contributed by atoms with Crippen molar-refractivity contribution in [2.75, 3.05) is 11.9 Å². The van der Waals surface area contributed by atoms with Gasteiger partial charge in [-0.05, 0) is 43.0 Å². The lowest BCUT2D eigenvalue weighted by atomic mass is 9.98. The highest BCUT2D eigenvalue weighted by Crippen LogP contribution is 2.42. The van der Waals surface area contributed by atoms with E-state index >= 15 is 0 Å². The Balaban J connectivity index is 1.39. The van der Waals surface area contributed by atoms with Crippen molar-refractivity contribution in [3.05, 3.63) is 64.5 Å². The van der Waals surface area contributed by atoms with Gasteiger partial charge in [-0.3, -0.25) is 9.59 Å². The first kappa shape index (κ1) is 17.9. The van der Waals surface area contributed by atoms with E-state index in [1.54, 1.807) is 6.07 Å². The Kier molecular flexibility index (Phi) is 3.96. The fourth-order valence-corrected chi connectivity index (χ4v) is 3.98. The zero-order valence-electron chi connectivity index (χ0n) is 15.5. The number of fused-ring (bicyclic) bond motifs is 2. The summed E-state index contributed by atoms with van der Waals surface area (Å²) in [6.45, 7) is 0.918. The molecule has 0 radical (unpaired) electrons. The number of hydrogen-bond acceptors (Lipinski definition) is 4. The number of carboxylic acids is 1. The number of anilines is 1. The van der Waals surface area contributed by atoms with Crippen LogP contribution in [0.3, 0.4) is 0 Å². The molecule has 7 heteroatoms. The highest BCUT2D eigenvalue weighted by atomic mass is 19.1. The fraction of sp³-hybridized carbons (Fsp3) is 0.273. The summed E-state index contributed by atoms with van der Waals surface area (Å²) in [5.41, 5.74) is 3.55. The number of nitrogens with one attached hydrogen (secondary N) is 2. The third-order valence-corrected chi connectivity index (χ3v) is 5.78. The molecule has 6 nitrogen and oxygen atoms in total. The van der Waals surface area contributed by atoms with Crippen molar-refractivity contribution in [3.8, 4) is 0 Å². The molecule has 2 aromatic carbocycles. The lowest BCUT2D eigenvalue weighted by molar-refractivity contribution is -0.140. The SMILES string of the molecule is O=C1Nc2ccc(F)cc2C1=C1OCc2cc(CCNC3(C(=O)O)CC3)ccc21. The van der Waals surface area contributed by atoms with Gasteiger partial charge in [-0.1, -0.05) is 18.2 Å². The van der Waals surface area contributed by atoms with E-state index in [1.165, 1.54) is 12.1 Å². The van der Waals surface area contributed by atoms with E-state index in [9.17, 15) is 19.1 Å². The minimum absolute atomic E-state index is 0.301. The summed E-state index contributed by atoms with van der Waals surface area (Å²) in [4.78, 5) is 23.7. The van der Waals surface area contributed by atoms with Gasteiger partial charge < -0.3 is 20.5 Å². The highest BCUT2D eigenvalue weighted by Gasteiger charge is 2.49. The van der Waals surface area contributed by atoms with Crippen LogP contribution < -0.4 is 10.6 Å². The Labute approximate surface area is 166 Å². The second-order valence-electron chi connectivity index (χ2n) is 7.69. The Morgan fingerprint density at radius 2 is 2.03 bits per heavy atom. The van der Waals surface area contributed by atoms with Gasteiger partial charge in [0, 0.05) is 28.9 Å².